The molecule has 0 radical (unpaired) electrons. The van der Waals surface area contributed by atoms with E-state index in [-0.39, 0.29) is 11.7 Å². The largest absolute Gasteiger partial charge is 0.493 e. The minimum absolute atomic E-state index is 0.150. The predicted molar refractivity (Wildman–Crippen MR) is 161 cm³/mol. The van der Waals surface area contributed by atoms with Crippen LogP contribution in [0.5, 0.6) is 11.5 Å². The van der Waals surface area contributed by atoms with E-state index >= 15 is 0 Å². The van der Waals surface area contributed by atoms with Gasteiger partial charge >= 0.3 is 0 Å². The van der Waals surface area contributed by atoms with Crippen LogP contribution < -0.4 is 14.9 Å². The summed E-state index contributed by atoms with van der Waals surface area (Å²) in [7, 11) is 1.60. The Labute approximate surface area is 241 Å². The number of nitrogens with one attached hydrogen (secondary N) is 1. The summed E-state index contributed by atoms with van der Waals surface area (Å²) < 4.78 is 13.5. The molecular weight excluding hydrogens is 544 g/mol. The molecule has 4 aromatic carbocycles. The van der Waals surface area contributed by atoms with Crippen LogP contribution in [0.4, 0.5) is 0 Å². The number of carbonyl (C=O) groups is 1. The van der Waals surface area contributed by atoms with Crippen molar-refractivity contribution in [3.8, 4) is 11.5 Å². The van der Waals surface area contributed by atoms with Gasteiger partial charge in [0.1, 0.15) is 6.61 Å². The first-order valence-electron chi connectivity index (χ1n) is 12.6. The highest BCUT2D eigenvalue weighted by Crippen LogP contribution is 2.29. The predicted octanol–water partition coefficient (Wildman–Crippen LogP) is 6.57. The topological polar surface area (TPSA) is 77.7 Å². The average Bonchev–Trinajstić information content (AvgIpc) is 3.34. The highest BCUT2D eigenvalue weighted by Gasteiger charge is 2.14. The number of hydrazone groups is 1. The molecule has 1 amide bonds. The van der Waals surface area contributed by atoms with Crippen LogP contribution in [0.25, 0.3) is 11.0 Å². The van der Waals surface area contributed by atoms with Gasteiger partial charge in [-0.2, -0.15) is 5.10 Å². The maximum absolute atomic E-state index is 12.6. The molecule has 5 rings (SSSR count). The van der Waals surface area contributed by atoms with Crippen molar-refractivity contribution in [1.29, 1.82) is 0 Å². The third-order valence-corrected chi connectivity index (χ3v) is 7.41. The second-order valence-electron chi connectivity index (χ2n) is 8.83. The first kappa shape index (κ1) is 27.3. The molecule has 1 N–H and O–H groups in total. The van der Waals surface area contributed by atoms with E-state index in [1.54, 1.807) is 13.3 Å². The molecule has 0 saturated carbocycles. The summed E-state index contributed by atoms with van der Waals surface area (Å²) >= 11 is 7.77. The van der Waals surface area contributed by atoms with Crippen LogP contribution in [0.2, 0.25) is 5.02 Å². The van der Waals surface area contributed by atoms with Gasteiger partial charge in [-0.1, -0.05) is 84.0 Å². The molecule has 1 heterocycles. The number of hydrogen-bond acceptors (Lipinski definition) is 6. The van der Waals surface area contributed by atoms with Crippen LogP contribution in [0.1, 0.15) is 16.7 Å². The molecule has 0 aliphatic rings. The Kier molecular flexibility index (Phi) is 9.00. The molecule has 40 heavy (non-hydrogen) atoms. The van der Waals surface area contributed by atoms with Gasteiger partial charge in [0.15, 0.2) is 16.7 Å². The van der Waals surface area contributed by atoms with Gasteiger partial charge in [0.25, 0.3) is 5.91 Å². The molecule has 9 heteroatoms. The minimum atomic E-state index is -0.244. The Morgan fingerprint density at radius 2 is 1.77 bits per heavy atom. The van der Waals surface area contributed by atoms with Gasteiger partial charge in [-0.15, -0.1) is 0 Å². The first-order chi connectivity index (χ1) is 19.6. The fourth-order valence-electron chi connectivity index (χ4n) is 4.08. The number of para-hydroxylation sites is 2. The van der Waals surface area contributed by atoms with E-state index in [1.165, 1.54) is 11.8 Å². The lowest BCUT2D eigenvalue weighted by Gasteiger charge is -2.11. The molecule has 0 aliphatic heterocycles. The SMILES string of the molecule is COc1ccc(C=NNC(=O)CSc2nc3ccccc3n2Cc2ccccc2Cl)cc1OCc1ccccc1. The molecule has 0 spiro atoms. The molecule has 5 aromatic rings. The van der Waals surface area contributed by atoms with Gasteiger partial charge < -0.3 is 14.0 Å². The third kappa shape index (κ3) is 6.83. The molecule has 0 fully saturated rings. The van der Waals surface area contributed by atoms with E-state index in [0.717, 1.165) is 32.9 Å². The monoisotopic (exact) mass is 570 g/mol. The van der Waals surface area contributed by atoms with Crippen molar-refractivity contribution < 1.29 is 14.3 Å². The van der Waals surface area contributed by atoms with E-state index in [4.69, 9.17) is 26.1 Å². The lowest BCUT2D eigenvalue weighted by atomic mass is 10.2. The number of carbonyl (C=O) groups excluding carboxylic acids is 1. The minimum Gasteiger partial charge on any atom is -0.493 e. The summed E-state index contributed by atoms with van der Waals surface area (Å²) in [5.41, 5.74) is 7.23. The van der Waals surface area contributed by atoms with Crippen molar-refractivity contribution in [3.05, 3.63) is 119 Å². The first-order valence-corrected chi connectivity index (χ1v) is 13.9. The highest BCUT2D eigenvalue weighted by atomic mass is 35.5. The van der Waals surface area contributed by atoms with Gasteiger partial charge in [-0.05, 0) is 53.1 Å². The van der Waals surface area contributed by atoms with Gasteiger partial charge in [-0.3, -0.25) is 4.79 Å². The van der Waals surface area contributed by atoms with Crippen LogP contribution in [0, 0.1) is 0 Å². The van der Waals surface area contributed by atoms with Crippen LogP contribution in [0.3, 0.4) is 0 Å². The zero-order chi connectivity index (χ0) is 27.7. The second kappa shape index (κ2) is 13.2. The van der Waals surface area contributed by atoms with Gasteiger partial charge in [0.05, 0.1) is 36.7 Å². The molecule has 1 aromatic heterocycles. The smallest absolute Gasteiger partial charge is 0.250 e. The van der Waals surface area contributed by atoms with E-state index in [9.17, 15) is 4.79 Å². The lowest BCUT2D eigenvalue weighted by molar-refractivity contribution is -0.118. The number of methoxy groups -OCH3 is 1. The number of imidazole rings is 1. The number of aromatic nitrogens is 2. The number of nitrogens with zero attached hydrogens (tertiary/aromatic N) is 3. The second-order valence-corrected chi connectivity index (χ2v) is 10.2. The van der Waals surface area contributed by atoms with Crippen LogP contribution in [-0.2, 0) is 17.9 Å². The molecule has 0 bridgehead atoms. The Morgan fingerprint density at radius 1 is 1.00 bits per heavy atom. The number of rotatable bonds is 11. The normalized spacial score (nSPS) is 11.2. The zero-order valence-corrected chi connectivity index (χ0v) is 23.4. The molecule has 7 nitrogen and oxygen atoms in total. The molecular formula is C31H27ClN4O3S. The Morgan fingerprint density at radius 3 is 2.60 bits per heavy atom. The highest BCUT2D eigenvalue weighted by molar-refractivity contribution is 7.99. The fraction of sp³-hybridized carbons (Fsp3) is 0.129. The van der Waals surface area contributed by atoms with Crippen molar-refractivity contribution in [3.63, 3.8) is 0 Å². The summed E-state index contributed by atoms with van der Waals surface area (Å²) in [6.45, 7) is 0.960. The van der Waals surface area contributed by atoms with Crippen LogP contribution in [0.15, 0.2) is 107 Å². The summed E-state index contributed by atoms with van der Waals surface area (Å²) in [4.78, 5) is 17.4. The van der Waals surface area contributed by atoms with E-state index in [1.807, 2.05) is 97.1 Å². The van der Waals surface area contributed by atoms with Crippen molar-refractivity contribution in [1.82, 2.24) is 15.0 Å². The van der Waals surface area contributed by atoms with Crippen LogP contribution in [-0.4, -0.2) is 34.5 Å². The molecule has 0 saturated heterocycles. The molecule has 0 atom stereocenters. The van der Waals surface area contributed by atoms with Crippen molar-refractivity contribution in [2.75, 3.05) is 12.9 Å². The quantitative estimate of drug-likeness (QED) is 0.110. The summed E-state index contributed by atoms with van der Waals surface area (Å²) in [6.07, 6.45) is 1.57. The van der Waals surface area contributed by atoms with Crippen molar-refractivity contribution in [2.45, 2.75) is 18.3 Å². The molecule has 202 valence electrons. The fourth-order valence-corrected chi connectivity index (χ4v) is 5.08. The average molecular weight is 571 g/mol. The summed E-state index contributed by atoms with van der Waals surface area (Å²) in [6, 6.07) is 31.0. The standard InChI is InChI=1S/C31H27ClN4O3S/c1-38-28-16-15-23(17-29(28)39-20-22-9-3-2-4-10-22)18-33-35-30(37)21-40-31-34-26-13-7-8-14-27(26)36(31)19-24-11-5-6-12-25(24)32/h2-18H,19-21H2,1H3,(H,35,37). The summed E-state index contributed by atoms with van der Waals surface area (Å²) in [5, 5.41) is 5.56. The number of hydrogen-bond donors (Lipinski definition) is 1. The van der Waals surface area contributed by atoms with E-state index in [2.05, 4.69) is 15.1 Å². The third-order valence-electron chi connectivity index (χ3n) is 6.07. The number of amides is 1. The van der Waals surface area contributed by atoms with Gasteiger partial charge in [0.2, 0.25) is 0 Å². The van der Waals surface area contributed by atoms with Crippen LogP contribution >= 0.6 is 23.4 Å². The van der Waals surface area contributed by atoms with Crippen molar-refractivity contribution >= 4 is 46.5 Å². The van der Waals surface area contributed by atoms with Crippen molar-refractivity contribution in [2.24, 2.45) is 5.10 Å². The molecule has 0 unspecified atom stereocenters. The number of thioether (sulfide) groups is 1. The van der Waals surface area contributed by atoms with Gasteiger partial charge in [-0.25, -0.2) is 10.4 Å². The number of fused-ring (bicyclic) bond motifs is 1. The Bertz CT molecular complexity index is 1640. The van der Waals surface area contributed by atoms with Gasteiger partial charge in [0, 0.05) is 5.02 Å². The number of ether oxygens (including phenoxy) is 2. The maximum Gasteiger partial charge on any atom is 0.250 e. The molecule has 0 aliphatic carbocycles. The van der Waals surface area contributed by atoms with E-state index < -0.39 is 0 Å². The Balaban J connectivity index is 1.22. The lowest BCUT2D eigenvalue weighted by Crippen LogP contribution is -2.20. The van der Waals surface area contributed by atoms with E-state index in [0.29, 0.717) is 29.7 Å². The zero-order valence-electron chi connectivity index (χ0n) is 21.8. The summed E-state index contributed by atoms with van der Waals surface area (Å²) in [5.74, 6) is 1.12. The number of benzene rings is 4. The Hall–Kier alpha value is -4.27. The maximum atomic E-state index is 12.6. The number of halogens is 1.